The van der Waals surface area contributed by atoms with Crippen LogP contribution in [0.5, 0.6) is 0 Å². The van der Waals surface area contributed by atoms with E-state index in [1.54, 1.807) is 6.07 Å². The summed E-state index contributed by atoms with van der Waals surface area (Å²) < 4.78 is 0. The lowest BCUT2D eigenvalue weighted by Gasteiger charge is -2.03. The minimum absolute atomic E-state index is 0.638. The number of halogens is 1. The molecule has 62 valence electrons. The average Bonchev–Trinajstić information content (AvgIpc) is 2.50. The van der Waals surface area contributed by atoms with Crippen molar-refractivity contribution in [3.63, 3.8) is 0 Å². The molecule has 0 aromatic heterocycles. The van der Waals surface area contributed by atoms with Gasteiger partial charge in [0.15, 0.2) is 6.29 Å². The van der Waals surface area contributed by atoms with Crippen molar-refractivity contribution in [1.29, 1.82) is 0 Å². The second-order valence-corrected chi connectivity index (χ2v) is 3.26. The number of nitrogens with one attached hydrogen (secondary N) is 1. The van der Waals surface area contributed by atoms with Crippen molar-refractivity contribution in [2.75, 3.05) is 11.9 Å². The number of hydrogen-bond donors (Lipinski definition) is 1. The molecular weight excluding hydrogens is 174 g/mol. The van der Waals surface area contributed by atoms with Crippen LogP contribution in [0.25, 0.3) is 0 Å². The van der Waals surface area contributed by atoms with Crippen molar-refractivity contribution in [3.8, 4) is 0 Å². The van der Waals surface area contributed by atoms with Gasteiger partial charge in [0.1, 0.15) is 0 Å². The summed E-state index contributed by atoms with van der Waals surface area (Å²) in [5.74, 6) is 0. The van der Waals surface area contributed by atoms with Gasteiger partial charge in [-0.15, -0.1) is 0 Å². The summed E-state index contributed by atoms with van der Waals surface area (Å²) >= 11 is 5.82. The van der Waals surface area contributed by atoms with Crippen LogP contribution in [-0.4, -0.2) is 12.8 Å². The molecular formula is C9H8ClNO. The molecule has 0 amide bonds. The quantitative estimate of drug-likeness (QED) is 0.673. The van der Waals surface area contributed by atoms with E-state index in [0.717, 1.165) is 30.5 Å². The molecule has 0 fully saturated rings. The van der Waals surface area contributed by atoms with E-state index in [-0.39, 0.29) is 0 Å². The zero-order chi connectivity index (χ0) is 8.55. The summed E-state index contributed by atoms with van der Waals surface area (Å²) in [6.45, 7) is 0.899. The number of aldehydes is 1. The molecule has 1 aromatic rings. The molecule has 1 aromatic carbocycles. The summed E-state index contributed by atoms with van der Waals surface area (Å²) in [5.41, 5.74) is 2.76. The number of carbonyl (C=O) groups excluding carboxylic acids is 1. The van der Waals surface area contributed by atoms with Crippen molar-refractivity contribution >= 4 is 23.6 Å². The molecule has 12 heavy (non-hydrogen) atoms. The maximum atomic E-state index is 10.6. The number of hydrogen-bond acceptors (Lipinski definition) is 2. The highest BCUT2D eigenvalue weighted by Crippen LogP contribution is 2.28. The fourth-order valence-electron chi connectivity index (χ4n) is 1.51. The normalized spacial score (nSPS) is 13.8. The number of rotatable bonds is 1. The minimum Gasteiger partial charge on any atom is -0.384 e. The van der Waals surface area contributed by atoms with Crippen LogP contribution in [0, 0.1) is 0 Å². The first-order valence-electron chi connectivity index (χ1n) is 3.83. The fraction of sp³-hybridized carbons (Fsp3) is 0.222. The third-order valence-corrected chi connectivity index (χ3v) is 2.26. The van der Waals surface area contributed by atoms with Crippen molar-refractivity contribution in [3.05, 3.63) is 28.3 Å². The Kier molecular flexibility index (Phi) is 1.77. The Morgan fingerprint density at radius 3 is 3.08 bits per heavy atom. The van der Waals surface area contributed by atoms with Gasteiger partial charge in [-0.05, 0) is 24.1 Å². The lowest BCUT2D eigenvalue weighted by atomic mass is 10.1. The average molecular weight is 182 g/mol. The highest BCUT2D eigenvalue weighted by molar-refractivity contribution is 6.31. The largest absolute Gasteiger partial charge is 0.384 e. The standard InChI is InChI=1S/C9H8ClNO/c10-8-3-6-1-2-11-9(6)7(4-8)5-12/h3-5,11H,1-2H2. The Hall–Kier alpha value is -1.02. The van der Waals surface area contributed by atoms with Crippen LogP contribution in [0.1, 0.15) is 15.9 Å². The molecule has 3 heteroatoms. The first-order chi connectivity index (χ1) is 5.81. The third-order valence-electron chi connectivity index (χ3n) is 2.04. The lowest BCUT2D eigenvalue weighted by molar-refractivity contribution is 0.112. The van der Waals surface area contributed by atoms with Crippen LogP contribution >= 0.6 is 11.6 Å². The molecule has 0 atom stereocenters. The zero-order valence-corrected chi connectivity index (χ0v) is 7.19. The summed E-state index contributed by atoms with van der Waals surface area (Å²) in [4.78, 5) is 10.6. The van der Waals surface area contributed by atoms with Gasteiger partial charge in [0.2, 0.25) is 0 Å². The van der Waals surface area contributed by atoms with E-state index >= 15 is 0 Å². The van der Waals surface area contributed by atoms with Crippen molar-refractivity contribution in [2.24, 2.45) is 0 Å². The van der Waals surface area contributed by atoms with Gasteiger partial charge in [0, 0.05) is 22.8 Å². The van der Waals surface area contributed by atoms with E-state index in [9.17, 15) is 4.79 Å². The number of anilines is 1. The van der Waals surface area contributed by atoms with E-state index in [1.165, 1.54) is 0 Å². The van der Waals surface area contributed by atoms with Crippen molar-refractivity contribution in [2.45, 2.75) is 6.42 Å². The van der Waals surface area contributed by atoms with Crippen LogP contribution in [-0.2, 0) is 6.42 Å². The van der Waals surface area contributed by atoms with Gasteiger partial charge in [-0.1, -0.05) is 11.6 Å². The van der Waals surface area contributed by atoms with E-state index in [1.807, 2.05) is 6.07 Å². The first kappa shape index (κ1) is 7.62. The predicted octanol–water partition coefficient (Wildman–Crippen LogP) is 2.12. The lowest BCUT2D eigenvalue weighted by Crippen LogP contribution is -1.94. The predicted molar refractivity (Wildman–Crippen MR) is 49.0 cm³/mol. The molecule has 2 rings (SSSR count). The monoisotopic (exact) mass is 181 g/mol. The van der Waals surface area contributed by atoms with Gasteiger partial charge < -0.3 is 5.32 Å². The van der Waals surface area contributed by atoms with Crippen LogP contribution in [0.15, 0.2) is 12.1 Å². The van der Waals surface area contributed by atoms with Gasteiger partial charge in [0.05, 0.1) is 0 Å². The van der Waals surface area contributed by atoms with Gasteiger partial charge in [-0.25, -0.2) is 0 Å². The summed E-state index contributed by atoms with van der Waals surface area (Å²) in [6, 6.07) is 3.59. The Morgan fingerprint density at radius 2 is 2.33 bits per heavy atom. The molecule has 0 bridgehead atoms. The molecule has 1 aliphatic heterocycles. The molecule has 0 radical (unpaired) electrons. The van der Waals surface area contributed by atoms with Gasteiger partial charge in [-0.2, -0.15) is 0 Å². The van der Waals surface area contributed by atoms with Crippen molar-refractivity contribution < 1.29 is 4.79 Å². The number of fused-ring (bicyclic) bond motifs is 1. The number of benzene rings is 1. The van der Waals surface area contributed by atoms with Crippen molar-refractivity contribution in [1.82, 2.24) is 0 Å². The Balaban J connectivity index is 2.62. The maximum absolute atomic E-state index is 10.6. The van der Waals surface area contributed by atoms with E-state index in [0.29, 0.717) is 10.6 Å². The van der Waals surface area contributed by atoms with Crippen LogP contribution in [0.3, 0.4) is 0 Å². The Labute approximate surface area is 75.5 Å². The third kappa shape index (κ3) is 1.08. The molecule has 1 heterocycles. The first-order valence-corrected chi connectivity index (χ1v) is 4.20. The molecule has 1 N–H and O–H groups in total. The van der Waals surface area contributed by atoms with Crippen LogP contribution in [0.2, 0.25) is 5.02 Å². The summed E-state index contributed by atoms with van der Waals surface area (Å²) in [5, 5.41) is 3.80. The molecule has 1 aliphatic rings. The molecule has 0 spiro atoms. The Morgan fingerprint density at radius 1 is 1.50 bits per heavy atom. The Bertz CT molecular complexity index is 336. The summed E-state index contributed by atoms with van der Waals surface area (Å²) in [7, 11) is 0. The van der Waals surface area contributed by atoms with Gasteiger partial charge in [0.25, 0.3) is 0 Å². The molecule has 2 nitrogen and oxygen atoms in total. The maximum Gasteiger partial charge on any atom is 0.152 e. The number of carbonyl (C=O) groups is 1. The van der Waals surface area contributed by atoms with Gasteiger partial charge >= 0.3 is 0 Å². The second-order valence-electron chi connectivity index (χ2n) is 2.82. The van der Waals surface area contributed by atoms with E-state index in [2.05, 4.69) is 5.32 Å². The highest BCUT2D eigenvalue weighted by Gasteiger charge is 2.14. The van der Waals surface area contributed by atoms with E-state index in [4.69, 9.17) is 11.6 Å². The molecule has 0 aliphatic carbocycles. The van der Waals surface area contributed by atoms with E-state index < -0.39 is 0 Å². The molecule has 0 saturated heterocycles. The topological polar surface area (TPSA) is 29.1 Å². The highest BCUT2D eigenvalue weighted by atomic mass is 35.5. The molecule has 0 saturated carbocycles. The fourth-order valence-corrected chi connectivity index (χ4v) is 1.76. The van der Waals surface area contributed by atoms with Crippen LogP contribution in [0.4, 0.5) is 5.69 Å². The summed E-state index contributed by atoms with van der Waals surface area (Å²) in [6.07, 6.45) is 1.79. The zero-order valence-electron chi connectivity index (χ0n) is 6.43. The molecule has 0 unspecified atom stereocenters. The minimum atomic E-state index is 0.638. The SMILES string of the molecule is O=Cc1cc(Cl)cc2c1NCC2. The second kappa shape index (κ2) is 2.79. The smallest absolute Gasteiger partial charge is 0.152 e. The van der Waals surface area contributed by atoms with Gasteiger partial charge in [-0.3, -0.25) is 4.79 Å². The van der Waals surface area contributed by atoms with Crippen LogP contribution < -0.4 is 5.32 Å².